The molecule has 106 valence electrons. The lowest BCUT2D eigenvalue weighted by atomic mass is 10.0. The number of fused-ring (bicyclic) bond motifs is 1. The summed E-state index contributed by atoms with van der Waals surface area (Å²) in [6.45, 7) is 4.03. The molecule has 2 unspecified atom stereocenters. The van der Waals surface area contributed by atoms with Gasteiger partial charge in [0.25, 0.3) is 0 Å². The van der Waals surface area contributed by atoms with Gasteiger partial charge in [0.05, 0.1) is 13.2 Å². The Morgan fingerprint density at radius 2 is 2.15 bits per heavy atom. The molecule has 2 atom stereocenters. The van der Waals surface area contributed by atoms with Gasteiger partial charge in [-0.1, -0.05) is 0 Å². The Hall–Kier alpha value is -1.73. The number of ether oxygens (including phenoxy) is 2. The van der Waals surface area contributed by atoms with Crippen molar-refractivity contribution in [3.05, 3.63) is 23.3 Å². The molecule has 0 aromatic heterocycles. The molecular formula is C16H20N2O2. The number of hydrogen-bond acceptors (Lipinski definition) is 4. The van der Waals surface area contributed by atoms with Crippen LogP contribution in [-0.4, -0.2) is 31.2 Å². The molecule has 0 amide bonds. The van der Waals surface area contributed by atoms with Gasteiger partial charge in [-0.3, -0.25) is 4.90 Å². The molecule has 2 aliphatic heterocycles. The zero-order valence-electron chi connectivity index (χ0n) is 12.1. The summed E-state index contributed by atoms with van der Waals surface area (Å²) in [5.74, 6) is 1.72. The third-order valence-corrected chi connectivity index (χ3v) is 4.17. The Balaban J connectivity index is 1.99. The van der Waals surface area contributed by atoms with Crippen LogP contribution in [0.4, 0.5) is 0 Å². The van der Waals surface area contributed by atoms with Crippen LogP contribution in [0.5, 0.6) is 11.5 Å². The minimum atomic E-state index is -0.239. The summed E-state index contributed by atoms with van der Waals surface area (Å²) in [6, 6.07) is 6.23. The first-order chi connectivity index (χ1) is 9.72. The first-order valence-electron chi connectivity index (χ1n) is 7.24. The SMILES string of the molecule is COc1cc2c(cc1C(C#N)N1CCCC1)OC(C)C2. The quantitative estimate of drug-likeness (QED) is 0.848. The number of likely N-dealkylation sites (tertiary alicyclic amines) is 1. The van der Waals surface area contributed by atoms with Crippen molar-refractivity contribution < 1.29 is 9.47 Å². The highest BCUT2D eigenvalue weighted by atomic mass is 16.5. The maximum Gasteiger partial charge on any atom is 0.127 e. The van der Waals surface area contributed by atoms with Crippen LogP contribution in [0.1, 0.15) is 36.9 Å². The van der Waals surface area contributed by atoms with E-state index in [-0.39, 0.29) is 12.1 Å². The second kappa shape index (κ2) is 5.34. The van der Waals surface area contributed by atoms with Gasteiger partial charge in [-0.25, -0.2) is 0 Å². The second-order valence-corrected chi connectivity index (χ2v) is 5.61. The molecule has 2 heterocycles. The first-order valence-corrected chi connectivity index (χ1v) is 7.24. The standard InChI is InChI=1S/C16H20N2O2/c1-11-7-12-8-16(19-2)13(9-15(12)20-11)14(10-17)18-5-3-4-6-18/h8-9,11,14H,3-7H2,1-2H3. The Morgan fingerprint density at radius 3 is 2.80 bits per heavy atom. The zero-order valence-corrected chi connectivity index (χ0v) is 12.1. The van der Waals surface area contributed by atoms with Crippen molar-refractivity contribution in [3.8, 4) is 17.6 Å². The summed E-state index contributed by atoms with van der Waals surface area (Å²) < 4.78 is 11.3. The van der Waals surface area contributed by atoms with Gasteiger partial charge in [-0.05, 0) is 45.0 Å². The van der Waals surface area contributed by atoms with E-state index in [9.17, 15) is 5.26 Å². The van der Waals surface area contributed by atoms with Crippen LogP contribution in [0.15, 0.2) is 12.1 Å². The molecule has 3 rings (SSSR count). The van der Waals surface area contributed by atoms with Gasteiger partial charge in [0.15, 0.2) is 0 Å². The number of nitrogens with zero attached hydrogens (tertiary/aromatic N) is 2. The first kappa shape index (κ1) is 13.3. The molecule has 1 aromatic carbocycles. The molecule has 1 fully saturated rings. The van der Waals surface area contributed by atoms with Gasteiger partial charge in [0, 0.05) is 17.5 Å². The monoisotopic (exact) mass is 272 g/mol. The fourth-order valence-corrected chi connectivity index (χ4v) is 3.19. The average molecular weight is 272 g/mol. The van der Waals surface area contributed by atoms with Crippen LogP contribution in [-0.2, 0) is 6.42 Å². The fourth-order valence-electron chi connectivity index (χ4n) is 3.19. The zero-order chi connectivity index (χ0) is 14.1. The van der Waals surface area contributed by atoms with E-state index < -0.39 is 0 Å². The van der Waals surface area contributed by atoms with E-state index in [1.54, 1.807) is 7.11 Å². The third kappa shape index (κ3) is 2.23. The van der Waals surface area contributed by atoms with E-state index in [2.05, 4.69) is 17.9 Å². The minimum absolute atomic E-state index is 0.206. The molecular weight excluding hydrogens is 252 g/mol. The molecule has 0 saturated carbocycles. The van der Waals surface area contributed by atoms with Crippen molar-refractivity contribution >= 4 is 0 Å². The lowest BCUT2D eigenvalue weighted by molar-refractivity contribution is 0.252. The number of benzene rings is 1. The Labute approximate surface area is 119 Å². The van der Waals surface area contributed by atoms with Crippen molar-refractivity contribution in [2.75, 3.05) is 20.2 Å². The summed E-state index contributed by atoms with van der Waals surface area (Å²) >= 11 is 0. The molecule has 0 bridgehead atoms. The van der Waals surface area contributed by atoms with Crippen molar-refractivity contribution in [1.82, 2.24) is 4.90 Å². The van der Waals surface area contributed by atoms with Gasteiger partial charge in [0.1, 0.15) is 23.6 Å². The second-order valence-electron chi connectivity index (χ2n) is 5.61. The van der Waals surface area contributed by atoms with Crippen LogP contribution in [0, 0.1) is 11.3 Å². The number of rotatable bonds is 3. The summed E-state index contributed by atoms with van der Waals surface area (Å²) in [6.07, 6.45) is 3.45. The largest absolute Gasteiger partial charge is 0.496 e. The Morgan fingerprint density at radius 1 is 1.40 bits per heavy atom. The predicted molar refractivity (Wildman–Crippen MR) is 75.9 cm³/mol. The number of nitriles is 1. The molecule has 1 saturated heterocycles. The van der Waals surface area contributed by atoms with Crippen molar-refractivity contribution in [1.29, 1.82) is 5.26 Å². The van der Waals surface area contributed by atoms with Crippen LogP contribution in [0.3, 0.4) is 0 Å². The topological polar surface area (TPSA) is 45.5 Å². The molecule has 0 spiro atoms. The van der Waals surface area contributed by atoms with E-state index in [0.29, 0.717) is 0 Å². The van der Waals surface area contributed by atoms with Crippen LogP contribution in [0.2, 0.25) is 0 Å². The smallest absolute Gasteiger partial charge is 0.127 e. The van der Waals surface area contributed by atoms with Crippen LogP contribution < -0.4 is 9.47 Å². The van der Waals surface area contributed by atoms with Crippen molar-refractivity contribution in [3.63, 3.8) is 0 Å². The molecule has 0 aliphatic carbocycles. The Kier molecular flexibility index (Phi) is 3.54. The predicted octanol–water partition coefficient (Wildman–Crippen LogP) is 2.68. The lowest BCUT2D eigenvalue weighted by Gasteiger charge is -2.23. The highest BCUT2D eigenvalue weighted by Gasteiger charge is 2.29. The van der Waals surface area contributed by atoms with E-state index in [1.165, 1.54) is 18.4 Å². The molecule has 0 N–H and O–H groups in total. The maximum absolute atomic E-state index is 9.57. The van der Waals surface area contributed by atoms with Crippen LogP contribution in [0.25, 0.3) is 0 Å². The number of methoxy groups -OCH3 is 1. The maximum atomic E-state index is 9.57. The van der Waals surface area contributed by atoms with Crippen LogP contribution >= 0.6 is 0 Å². The van der Waals surface area contributed by atoms with Gasteiger partial charge in [0.2, 0.25) is 0 Å². The average Bonchev–Trinajstić information content (AvgIpc) is 3.07. The molecule has 20 heavy (non-hydrogen) atoms. The van der Waals surface area contributed by atoms with Gasteiger partial charge >= 0.3 is 0 Å². The van der Waals surface area contributed by atoms with Gasteiger partial charge in [-0.15, -0.1) is 0 Å². The highest BCUT2D eigenvalue weighted by molar-refractivity contribution is 5.51. The van der Waals surface area contributed by atoms with E-state index >= 15 is 0 Å². The summed E-state index contributed by atoms with van der Waals surface area (Å²) in [5.41, 5.74) is 2.11. The minimum Gasteiger partial charge on any atom is -0.496 e. The third-order valence-electron chi connectivity index (χ3n) is 4.17. The summed E-state index contributed by atoms with van der Waals surface area (Å²) in [4.78, 5) is 2.22. The van der Waals surface area contributed by atoms with E-state index in [4.69, 9.17) is 9.47 Å². The summed E-state index contributed by atoms with van der Waals surface area (Å²) in [7, 11) is 1.67. The highest BCUT2D eigenvalue weighted by Crippen LogP contribution is 2.39. The molecule has 2 aliphatic rings. The fraction of sp³-hybridized carbons (Fsp3) is 0.562. The van der Waals surface area contributed by atoms with E-state index in [1.807, 2.05) is 12.1 Å². The normalized spacial score (nSPS) is 22.9. The Bertz CT molecular complexity index is 544. The molecule has 4 heteroatoms. The molecule has 1 aromatic rings. The van der Waals surface area contributed by atoms with E-state index in [0.717, 1.165) is 36.6 Å². The molecule has 4 nitrogen and oxygen atoms in total. The van der Waals surface area contributed by atoms with Crippen molar-refractivity contribution in [2.45, 2.75) is 38.3 Å². The number of hydrogen-bond donors (Lipinski definition) is 0. The van der Waals surface area contributed by atoms with Gasteiger partial charge < -0.3 is 9.47 Å². The lowest BCUT2D eigenvalue weighted by Crippen LogP contribution is -2.24. The van der Waals surface area contributed by atoms with Gasteiger partial charge in [-0.2, -0.15) is 5.26 Å². The summed E-state index contributed by atoms with van der Waals surface area (Å²) in [5, 5.41) is 9.57. The van der Waals surface area contributed by atoms with Crippen molar-refractivity contribution in [2.24, 2.45) is 0 Å². The molecule has 0 radical (unpaired) electrons.